The van der Waals surface area contributed by atoms with E-state index in [0.29, 0.717) is 17.9 Å². The van der Waals surface area contributed by atoms with Crippen molar-refractivity contribution in [3.8, 4) is 11.1 Å². The molecule has 3 aromatic heterocycles. The number of alkyl halides is 3. The average molecular weight is 548 g/mol. The summed E-state index contributed by atoms with van der Waals surface area (Å²) in [5.41, 5.74) is 7.76. The fourth-order valence-electron chi connectivity index (χ4n) is 5.17. The second-order valence-electron chi connectivity index (χ2n) is 10.2. The molecule has 0 bridgehead atoms. The maximum Gasteiger partial charge on any atom is 0.405 e. The van der Waals surface area contributed by atoms with E-state index in [1.165, 1.54) is 4.90 Å². The summed E-state index contributed by atoms with van der Waals surface area (Å²) >= 11 is 0. The van der Waals surface area contributed by atoms with Gasteiger partial charge in [-0.2, -0.15) is 13.2 Å². The average Bonchev–Trinajstić information content (AvgIpc) is 3.43. The SMILES string of the molecule is CCc1nc2c(C)cc(C)nc2n1Cc1ccc(-c2ccccc2)c(CN(CC(F)(F)F)c2noc(C)c2C)c1. The third-order valence-electron chi connectivity index (χ3n) is 7.18. The Kier molecular flexibility index (Phi) is 7.40. The standard InChI is InChI=1S/C31H32F3N5O/c1-6-27-36-28-19(2)14-20(3)35-30(28)39(27)16-23-12-13-26(24-10-8-7-9-11-24)25(15-23)17-38(18-31(32,33)34)29-21(4)22(5)40-37-29/h7-15H,6,16-18H2,1-5H3. The lowest BCUT2D eigenvalue weighted by atomic mass is 9.96. The maximum absolute atomic E-state index is 13.8. The lowest BCUT2D eigenvalue weighted by Gasteiger charge is -2.26. The number of anilines is 1. The van der Waals surface area contributed by atoms with Crippen molar-refractivity contribution in [2.24, 2.45) is 0 Å². The van der Waals surface area contributed by atoms with Gasteiger partial charge in [-0.3, -0.25) is 0 Å². The summed E-state index contributed by atoms with van der Waals surface area (Å²) in [7, 11) is 0. The molecular formula is C31H32F3N5O. The minimum atomic E-state index is -4.42. The molecule has 0 aliphatic carbocycles. The van der Waals surface area contributed by atoms with Crippen molar-refractivity contribution in [2.45, 2.75) is 60.3 Å². The smallest absolute Gasteiger partial charge is 0.359 e. The lowest BCUT2D eigenvalue weighted by molar-refractivity contribution is -0.120. The highest BCUT2D eigenvalue weighted by molar-refractivity contribution is 5.76. The number of aryl methyl sites for hydroxylation is 4. The molecule has 208 valence electrons. The van der Waals surface area contributed by atoms with Crippen LogP contribution in [0.4, 0.5) is 19.0 Å². The summed E-state index contributed by atoms with van der Waals surface area (Å²) < 4.78 is 48.7. The van der Waals surface area contributed by atoms with E-state index in [2.05, 4.69) is 16.6 Å². The topological polar surface area (TPSA) is 60.0 Å². The van der Waals surface area contributed by atoms with Crippen LogP contribution in [0.2, 0.25) is 0 Å². The van der Waals surface area contributed by atoms with Gasteiger partial charge >= 0.3 is 6.18 Å². The number of benzene rings is 2. The number of rotatable bonds is 8. The number of hydrogen-bond acceptors (Lipinski definition) is 5. The number of halogens is 3. The van der Waals surface area contributed by atoms with Gasteiger partial charge in [-0.15, -0.1) is 0 Å². The molecule has 0 N–H and O–H groups in total. The summed E-state index contributed by atoms with van der Waals surface area (Å²) in [5, 5.41) is 3.99. The van der Waals surface area contributed by atoms with Gasteiger partial charge in [0.2, 0.25) is 0 Å². The molecule has 9 heteroatoms. The van der Waals surface area contributed by atoms with E-state index in [1.807, 2.05) is 68.4 Å². The molecule has 3 heterocycles. The van der Waals surface area contributed by atoms with Gasteiger partial charge in [-0.1, -0.05) is 60.6 Å². The van der Waals surface area contributed by atoms with E-state index >= 15 is 0 Å². The molecule has 0 saturated carbocycles. The van der Waals surface area contributed by atoms with Crippen LogP contribution in [-0.2, 0) is 19.5 Å². The Labute approximate surface area is 231 Å². The van der Waals surface area contributed by atoms with Gasteiger partial charge in [0, 0.05) is 24.2 Å². The highest BCUT2D eigenvalue weighted by Gasteiger charge is 2.33. The zero-order valence-electron chi connectivity index (χ0n) is 23.3. The quantitative estimate of drug-likeness (QED) is 0.201. The highest BCUT2D eigenvalue weighted by Crippen LogP contribution is 2.32. The molecule has 0 fully saturated rings. The van der Waals surface area contributed by atoms with E-state index in [9.17, 15) is 13.2 Å². The molecule has 0 aliphatic heterocycles. The Morgan fingerprint density at radius 2 is 1.70 bits per heavy atom. The van der Waals surface area contributed by atoms with Gasteiger partial charge in [0.15, 0.2) is 11.5 Å². The highest BCUT2D eigenvalue weighted by atomic mass is 19.4. The predicted molar refractivity (Wildman–Crippen MR) is 150 cm³/mol. The second-order valence-corrected chi connectivity index (χ2v) is 10.2. The first-order valence-corrected chi connectivity index (χ1v) is 13.3. The molecule has 5 rings (SSSR count). The predicted octanol–water partition coefficient (Wildman–Crippen LogP) is 7.50. The Morgan fingerprint density at radius 3 is 2.35 bits per heavy atom. The van der Waals surface area contributed by atoms with E-state index in [-0.39, 0.29) is 12.4 Å². The van der Waals surface area contributed by atoms with Gasteiger partial charge in [-0.25, -0.2) is 9.97 Å². The Hall–Kier alpha value is -4.14. The molecule has 5 aromatic rings. The molecule has 0 atom stereocenters. The van der Waals surface area contributed by atoms with Crippen LogP contribution in [0.1, 0.15) is 46.5 Å². The minimum absolute atomic E-state index is 0.00612. The third-order valence-corrected chi connectivity index (χ3v) is 7.18. The van der Waals surface area contributed by atoms with E-state index in [0.717, 1.165) is 56.9 Å². The Bertz CT molecular complexity index is 1650. The molecule has 0 aliphatic rings. The van der Waals surface area contributed by atoms with Crippen LogP contribution in [0.15, 0.2) is 59.1 Å². The number of pyridine rings is 1. The fourth-order valence-corrected chi connectivity index (χ4v) is 5.17. The van der Waals surface area contributed by atoms with Crippen LogP contribution in [0.5, 0.6) is 0 Å². The molecule has 0 unspecified atom stereocenters. The monoisotopic (exact) mass is 547 g/mol. The number of hydrogen-bond donors (Lipinski definition) is 0. The van der Waals surface area contributed by atoms with Crippen molar-refractivity contribution in [2.75, 3.05) is 11.4 Å². The molecule has 0 spiro atoms. The van der Waals surface area contributed by atoms with Gasteiger partial charge < -0.3 is 14.0 Å². The van der Waals surface area contributed by atoms with Crippen molar-refractivity contribution >= 4 is 17.0 Å². The first kappa shape index (κ1) is 27.4. The molecule has 0 amide bonds. The Morgan fingerprint density at radius 1 is 0.950 bits per heavy atom. The molecule has 0 radical (unpaired) electrons. The third kappa shape index (κ3) is 5.59. The normalized spacial score (nSPS) is 11.9. The summed E-state index contributed by atoms with van der Waals surface area (Å²) in [6.45, 7) is 8.84. The van der Waals surface area contributed by atoms with Crippen molar-refractivity contribution in [1.82, 2.24) is 19.7 Å². The van der Waals surface area contributed by atoms with E-state index in [1.54, 1.807) is 13.8 Å². The summed E-state index contributed by atoms with van der Waals surface area (Å²) in [4.78, 5) is 10.9. The number of fused-ring (bicyclic) bond motifs is 1. The van der Waals surface area contributed by atoms with Gasteiger partial charge in [0.25, 0.3) is 0 Å². The van der Waals surface area contributed by atoms with Gasteiger partial charge in [0.1, 0.15) is 23.6 Å². The number of imidazole rings is 1. The zero-order valence-corrected chi connectivity index (χ0v) is 23.3. The van der Waals surface area contributed by atoms with Crippen molar-refractivity contribution in [3.63, 3.8) is 0 Å². The summed E-state index contributed by atoms with van der Waals surface area (Å²) in [6, 6.07) is 17.7. The van der Waals surface area contributed by atoms with E-state index < -0.39 is 12.7 Å². The van der Waals surface area contributed by atoms with Crippen LogP contribution < -0.4 is 4.90 Å². The van der Waals surface area contributed by atoms with Crippen molar-refractivity contribution in [3.05, 3.63) is 94.1 Å². The van der Waals surface area contributed by atoms with Crippen LogP contribution in [0.25, 0.3) is 22.3 Å². The first-order chi connectivity index (χ1) is 19.0. The summed E-state index contributed by atoms with van der Waals surface area (Å²) in [5.74, 6) is 1.61. The van der Waals surface area contributed by atoms with Gasteiger partial charge in [-0.05, 0) is 61.6 Å². The van der Waals surface area contributed by atoms with E-state index in [4.69, 9.17) is 14.5 Å². The Balaban J connectivity index is 1.61. The summed E-state index contributed by atoms with van der Waals surface area (Å²) in [6.07, 6.45) is -3.69. The first-order valence-electron chi connectivity index (χ1n) is 13.3. The van der Waals surface area contributed by atoms with Crippen LogP contribution in [-0.4, -0.2) is 32.4 Å². The fraction of sp³-hybridized carbons (Fsp3) is 0.323. The zero-order chi connectivity index (χ0) is 28.6. The largest absolute Gasteiger partial charge is 0.405 e. The van der Waals surface area contributed by atoms with Crippen LogP contribution in [0, 0.1) is 27.7 Å². The van der Waals surface area contributed by atoms with Crippen molar-refractivity contribution < 1.29 is 17.7 Å². The molecule has 0 saturated heterocycles. The molecular weight excluding hydrogens is 515 g/mol. The molecule has 6 nitrogen and oxygen atoms in total. The molecule has 40 heavy (non-hydrogen) atoms. The van der Waals surface area contributed by atoms with Crippen LogP contribution in [0.3, 0.4) is 0 Å². The lowest BCUT2D eigenvalue weighted by Crippen LogP contribution is -2.34. The maximum atomic E-state index is 13.8. The number of aromatic nitrogens is 4. The van der Waals surface area contributed by atoms with Crippen LogP contribution >= 0.6 is 0 Å². The minimum Gasteiger partial charge on any atom is -0.359 e. The van der Waals surface area contributed by atoms with Crippen molar-refractivity contribution in [1.29, 1.82) is 0 Å². The number of nitrogens with zero attached hydrogens (tertiary/aromatic N) is 5. The second kappa shape index (κ2) is 10.8. The van der Waals surface area contributed by atoms with Gasteiger partial charge in [0.05, 0.1) is 6.54 Å². The molecule has 2 aromatic carbocycles.